The molecule has 0 saturated heterocycles. The van der Waals surface area contributed by atoms with E-state index in [1.165, 1.54) is 16.6 Å². The van der Waals surface area contributed by atoms with E-state index in [1.807, 2.05) is 48.5 Å². The van der Waals surface area contributed by atoms with E-state index in [1.54, 1.807) is 23.0 Å². The Morgan fingerprint density at radius 2 is 1.88 bits per heavy atom. The van der Waals surface area contributed by atoms with Crippen LogP contribution in [0.3, 0.4) is 0 Å². The molecule has 6 nitrogen and oxygen atoms in total. The highest BCUT2D eigenvalue weighted by molar-refractivity contribution is 9.10. The third-order valence-electron chi connectivity index (χ3n) is 5.75. The first-order chi connectivity index (χ1) is 16.5. The Morgan fingerprint density at radius 3 is 2.62 bits per heavy atom. The van der Waals surface area contributed by atoms with Crippen LogP contribution in [0.1, 0.15) is 23.3 Å². The first kappa shape index (κ1) is 23.1. The summed E-state index contributed by atoms with van der Waals surface area (Å²) in [7, 11) is 1.61. The molecule has 0 unspecified atom stereocenters. The highest BCUT2D eigenvalue weighted by atomic mass is 79.9. The van der Waals surface area contributed by atoms with E-state index < -0.39 is 0 Å². The van der Waals surface area contributed by atoms with Gasteiger partial charge >= 0.3 is 0 Å². The Hall–Kier alpha value is -2.62. The van der Waals surface area contributed by atoms with Gasteiger partial charge in [-0.15, -0.1) is 11.3 Å². The van der Waals surface area contributed by atoms with Crippen molar-refractivity contribution < 1.29 is 9.53 Å². The summed E-state index contributed by atoms with van der Waals surface area (Å²) >= 11 is 6.27. The number of fused-ring (bicyclic) bond motifs is 3. The van der Waals surface area contributed by atoms with Crippen molar-refractivity contribution in [3.8, 4) is 11.4 Å². The number of nitrogens with zero attached hydrogens (tertiary/aromatic N) is 2. The van der Waals surface area contributed by atoms with Crippen LogP contribution in [0.15, 0.2) is 63.0 Å². The average molecular weight is 557 g/mol. The van der Waals surface area contributed by atoms with Crippen LogP contribution in [0.2, 0.25) is 0 Å². The van der Waals surface area contributed by atoms with E-state index in [4.69, 9.17) is 9.72 Å². The van der Waals surface area contributed by atoms with Crippen molar-refractivity contribution in [3.63, 3.8) is 0 Å². The van der Waals surface area contributed by atoms with E-state index in [0.29, 0.717) is 16.6 Å². The van der Waals surface area contributed by atoms with E-state index in [-0.39, 0.29) is 17.2 Å². The number of benzene rings is 2. The van der Waals surface area contributed by atoms with Gasteiger partial charge in [0.1, 0.15) is 10.6 Å². The minimum atomic E-state index is -0.159. The van der Waals surface area contributed by atoms with Crippen LogP contribution in [-0.4, -0.2) is 28.3 Å². The number of carbonyl (C=O) groups excluding carboxylic acids is 1. The normalized spacial score (nSPS) is 13.0. The molecule has 174 valence electrons. The molecule has 1 amide bonds. The SMILES string of the molecule is COc1ccc(-n2c(SCC(=O)Nc3ccc(Br)cc3)nc3sc4c(c3c2=O)CCCC4)cc1. The van der Waals surface area contributed by atoms with Crippen molar-refractivity contribution in [2.45, 2.75) is 30.8 Å². The molecule has 0 radical (unpaired) electrons. The van der Waals surface area contributed by atoms with E-state index in [2.05, 4.69) is 21.2 Å². The molecule has 2 aromatic carbocycles. The van der Waals surface area contributed by atoms with Gasteiger partial charge in [-0.2, -0.15) is 0 Å². The van der Waals surface area contributed by atoms with Crippen molar-refractivity contribution >= 4 is 60.8 Å². The highest BCUT2D eigenvalue weighted by Gasteiger charge is 2.23. The smallest absolute Gasteiger partial charge is 0.267 e. The number of thiophene rings is 1. The largest absolute Gasteiger partial charge is 0.497 e. The summed E-state index contributed by atoms with van der Waals surface area (Å²) in [4.78, 5) is 33.3. The van der Waals surface area contributed by atoms with Gasteiger partial charge in [0.25, 0.3) is 5.56 Å². The van der Waals surface area contributed by atoms with Crippen LogP contribution in [0.25, 0.3) is 15.9 Å². The fourth-order valence-corrected chi connectivity index (χ4v) is 6.48. The monoisotopic (exact) mass is 555 g/mol. The average Bonchev–Trinajstić information content (AvgIpc) is 3.23. The summed E-state index contributed by atoms with van der Waals surface area (Å²) in [6.07, 6.45) is 4.14. The molecule has 1 N–H and O–H groups in total. The number of aromatic nitrogens is 2. The van der Waals surface area contributed by atoms with Gasteiger partial charge in [0.2, 0.25) is 5.91 Å². The zero-order valence-electron chi connectivity index (χ0n) is 18.5. The van der Waals surface area contributed by atoms with Crippen LogP contribution in [0, 0.1) is 0 Å². The highest BCUT2D eigenvalue weighted by Crippen LogP contribution is 2.35. The van der Waals surface area contributed by atoms with Gasteiger partial charge in [0.05, 0.1) is 23.9 Å². The van der Waals surface area contributed by atoms with Crippen LogP contribution < -0.4 is 15.6 Å². The molecule has 5 rings (SSSR count). The second-order valence-electron chi connectivity index (χ2n) is 7.97. The molecule has 2 aromatic heterocycles. The topological polar surface area (TPSA) is 73.2 Å². The van der Waals surface area contributed by atoms with Gasteiger partial charge in [-0.05, 0) is 79.8 Å². The van der Waals surface area contributed by atoms with Crippen molar-refractivity contribution in [3.05, 3.63) is 73.8 Å². The molecular formula is C25H22BrN3O3S2. The van der Waals surface area contributed by atoms with Crippen LogP contribution >= 0.6 is 39.0 Å². The molecule has 0 bridgehead atoms. The number of ether oxygens (including phenoxy) is 1. The van der Waals surface area contributed by atoms with Gasteiger partial charge in [-0.1, -0.05) is 27.7 Å². The van der Waals surface area contributed by atoms with Crippen LogP contribution in [0.4, 0.5) is 5.69 Å². The number of amides is 1. The van der Waals surface area contributed by atoms with E-state index >= 15 is 0 Å². The lowest BCUT2D eigenvalue weighted by Crippen LogP contribution is -2.23. The molecule has 0 atom stereocenters. The quantitative estimate of drug-likeness (QED) is 0.239. The molecule has 2 heterocycles. The summed E-state index contributed by atoms with van der Waals surface area (Å²) in [5.41, 5.74) is 2.49. The molecule has 1 aliphatic rings. The number of hydrogen-bond acceptors (Lipinski definition) is 6. The number of aryl methyl sites for hydroxylation is 2. The van der Waals surface area contributed by atoms with Gasteiger partial charge in [-0.25, -0.2) is 4.98 Å². The number of methoxy groups -OCH3 is 1. The van der Waals surface area contributed by atoms with Gasteiger partial charge in [0, 0.05) is 15.0 Å². The van der Waals surface area contributed by atoms with Crippen molar-refractivity contribution in [2.24, 2.45) is 0 Å². The van der Waals surface area contributed by atoms with Gasteiger partial charge in [0.15, 0.2) is 5.16 Å². The third-order valence-corrected chi connectivity index (χ3v) is 8.40. The molecule has 0 aliphatic heterocycles. The van der Waals surface area contributed by atoms with Crippen molar-refractivity contribution in [1.82, 2.24) is 9.55 Å². The standard InChI is InChI=1S/C25H22BrN3O3S2/c1-32-18-12-10-17(11-13-18)29-24(31)22-19-4-2-3-5-20(19)34-23(22)28-25(29)33-14-21(30)27-16-8-6-15(26)7-9-16/h6-13H,2-5,14H2,1H3,(H,27,30). The van der Waals surface area contributed by atoms with Crippen LogP contribution in [-0.2, 0) is 17.6 Å². The maximum Gasteiger partial charge on any atom is 0.267 e. The summed E-state index contributed by atoms with van der Waals surface area (Å²) in [5.74, 6) is 0.685. The molecular weight excluding hydrogens is 534 g/mol. The molecule has 34 heavy (non-hydrogen) atoms. The number of thioether (sulfide) groups is 1. The minimum Gasteiger partial charge on any atom is -0.497 e. The Balaban J connectivity index is 1.51. The fourth-order valence-electron chi connectivity index (χ4n) is 4.10. The Bertz CT molecular complexity index is 1410. The molecule has 4 aromatic rings. The second-order valence-corrected chi connectivity index (χ2v) is 10.9. The van der Waals surface area contributed by atoms with E-state index in [9.17, 15) is 9.59 Å². The van der Waals surface area contributed by atoms with Crippen molar-refractivity contribution in [2.75, 3.05) is 18.2 Å². The van der Waals surface area contributed by atoms with E-state index in [0.717, 1.165) is 51.6 Å². The Labute approximate surface area is 213 Å². The molecule has 1 aliphatic carbocycles. The Kier molecular flexibility index (Phi) is 6.76. The maximum absolute atomic E-state index is 13.8. The maximum atomic E-state index is 13.8. The number of nitrogens with one attached hydrogen (secondary N) is 1. The summed E-state index contributed by atoms with van der Waals surface area (Å²) in [6, 6.07) is 14.8. The number of carbonyl (C=O) groups is 1. The van der Waals surface area contributed by atoms with Crippen molar-refractivity contribution in [1.29, 1.82) is 0 Å². The second kappa shape index (κ2) is 9.93. The molecule has 9 heteroatoms. The molecule has 0 fully saturated rings. The third kappa shape index (κ3) is 4.64. The van der Waals surface area contributed by atoms with Gasteiger partial charge < -0.3 is 10.1 Å². The number of hydrogen-bond donors (Lipinski definition) is 1. The lowest BCUT2D eigenvalue weighted by atomic mass is 9.97. The first-order valence-electron chi connectivity index (χ1n) is 10.9. The minimum absolute atomic E-state index is 0.0783. The van der Waals surface area contributed by atoms with Crippen LogP contribution in [0.5, 0.6) is 5.75 Å². The number of anilines is 1. The number of halogens is 1. The fraction of sp³-hybridized carbons (Fsp3) is 0.240. The Morgan fingerprint density at radius 1 is 1.15 bits per heavy atom. The predicted molar refractivity (Wildman–Crippen MR) is 142 cm³/mol. The first-order valence-corrected chi connectivity index (χ1v) is 13.5. The zero-order chi connectivity index (χ0) is 23.7. The predicted octanol–water partition coefficient (Wildman–Crippen LogP) is 5.83. The molecule has 0 spiro atoms. The lowest BCUT2D eigenvalue weighted by Gasteiger charge is -2.14. The summed E-state index contributed by atoms with van der Waals surface area (Å²) in [6.45, 7) is 0. The number of rotatable bonds is 6. The van der Waals surface area contributed by atoms with Gasteiger partial charge in [-0.3, -0.25) is 14.2 Å². The molecule has 0 saturated carbocycles. The summed E-state index contributed by atoms with van der Waals surface area (Å²) < 4.78 is 7.85. The zero-order valence-corrected chi connectivity index (χ0v) is 21.7. The lowest BCUT2D eigenvalue weighted by molar-refractivity contribution is -0.113. The summed E-state index contributed by atoms with van der Waals surface area (Å²) in [5, 5.41) is 4.12.